The van der Waals surface area contributed by atoms with Gasteiger partial charge < -0.3 is 14.5 Å². The molecule has 0 bridgehead atoms. The standard InChI is InChI=1S/C24H24N2O5/c1-29-19-6-4-5-17(14-19)24(28)21-15-18-13-16(8-10-20(18)25-21)9-11-22(27)26-31-23-7-2-3-12-30-23/h4-6,8-11,13-15,23,25H,2-3,7,12H2,1H3,(H,26,27)/b11-9+. The van der Waals surface area contributed by atoms with E-state index in [4.69, 9.17) is 14.3 Å². The lowest BCUT2D eigenvalue weighted by Crippen LogP contribution is -2.32. The molecular formula is C24H24N2O5. The van der Waals surface area contributed by atoms with Gasteiger partial charge in [-0.25, -0.2) is 10.3 Å². The van der Waals surface area contributed by atoms with Crippen LogP contribution in [-0.4, -0.2) is 36.7 Å². The summed E-state index contributed by atoms with van der Waals surface area (Å²) in [5.74, 6) is 0.151. The van der Waals surface area contributed by atoms with Gasteiger partial charge >= 0.3 is 0 Å². The Bertz CT molecular complexity index is 1110. The molecule has 1 unspecified atom stereocenters. The van der Waals surface area contributed by atoms with Crippen molar-refractivity contribution in [2.75, 3.05) is 13.7 Å². The average molecular weight is 420 g/mol. The first-order chi connectivity index (χ1) is 15.1. The summed E-state index contributed by atoms with van der Waals surface area (Å²) in [6, 6.07) is 14.5. The SMILES string of the molecule is COc1cccc(C(=O)c2cc3cc(/C=C/C(=O)NOC4CCCCO4)ccc3[nH]2)c1. The molecule has 1 amide bonds. The molecule has 0 aliphatic carbocycles. The van der Waals surface area contributed by atoms with Crippen LogP contribution in [-0.2, 0) is 14.4 Å². The Labute approximate surface area is 180 Å². The van der Waals surface area contributed by atoms with E-state index < -0.39 is 0 Å². The summed E-state index contributed by atoms with van der Waals surface area (Å²) in [6.07, 6.45) is 5.51. The van der Waals surface area contributed by atoms with E-state index >= 15 is 0 Å². The van der Waals surface area contributed by atoms with Gasteiger partial charge in [0.05, 0.1) is 12.8 Å². The van der Waals surface area contributed by atoms with Gasteiger partial charge in [0.15, 0.2) is 6.29 Å². The zero-order valence-electron chi connectivity index (χ0n) is 17.2. The topological polar surface area (TPSA) is 89.7 Å². The second-order valence-corrected chi connectivity index (χ2v) is 7.30. The third kappa shape index (κ3) is 5.20. The number of H-pyrrole nitrogens is 1. The molecule has 1 fully saturated rings. The van der Waals surface area contributed by atoms with Crippen LogP contribution >= 0.6 is 0 Å². The van der Waals surface area contributed by atoms with Crippen LogP contribution in [0.1, 0.15) is 40.9 Å². The van der Waals surface area contributed by atoms with Crippen molar-refractivity contribution in [2.24, 2.45) is 0 Å². The number of aromatic amines is 1. The zero-order valence-corrected chi connectivity index (χ0v) is 17.2. The van der Waals surface area contributed by atoms with Gasteiger partial charge in [-0.2, -0.15) is 0 Å². The van der Waals surface area contributed by atoms with Gasteiger partial charge in [-0.15, -0.1) is 0 Å². The van der Waals surface area contributed by atoms with E-state index in [1.165, 1.54) is 6.08 Å². The number of nitrogens with one attached hydrogen (secondary N) is 2. The van der Waals surface area contributed by atoms with Crippen LogP contribution < -0.4 is 10.2 Å². The Morgan fingerprint density at radius 3 is 2.87 bits per heavy atom. The Hall–Kier alpha value is -3.42. The minimum atomic E-state index is -0.386. The molecule has 160 valence electrons. The molecule has 2 heterocycles. The van der Waals surface area contributed by atoms with E-state index in [0.717, 1.165) is 35.7 Å². The Morgan fingerprint density at radius 2 is 2.06 bits per heavy atom. The number of hydroxylamine groups is 1. The number of hydrogen-bond acceptors (Lipinski definition) is 5. The van der Waals surface area contributed by atoms with Crippen molar-refractivity contribution in [3.63, 3.8) is 0 Å². The van der Waals surface area contributed by atoms with Crippen LogP contribution in [0.2, 0.25) is 0 Å². The summed E-state index contributed by atoms with van der Waals surface area (Å²) in [6.45, 7) is 0.648. The molecule has 1 aliphatic rings. The van der Waals surface area contributed by atoms with Crippen molar-refractivity contribution in [3.8, 4) is 5.75 Å². The molecule has 31 heavy (non-hydrogen) atoms. The maximum absolute atomic E-state index is 12.8. The van der Waals surface area contributed by atoms with Crippen LogP contribution in [0.25, 0.3) is 17.0 Å². The summed E-state index contributed by atoms with van der Waals surface area (Å²) in [5.41, 5.74) is 5.10. The number of ketones is 1. The molecule has 1 aliphatic heterocycles. The minimum absolute atomic E-state index is 0.117. The number of carbonyl (C=O) groups excluding carboxylic acids is 2. The van der Waals surface area contributed by atoms with Crippen LogP contribution in [0.4, 0.5) is 0 Å². The molecule has 7 heteroatoms. The summed E-state index contributed by atoms with van der Waals surface area (Å²) in [5, 5.41) is 0.876. The molecule has 0 radical (unpaired) electrons. The van der Waals surface area contributed by atoms with E-state index in [-0.39, 0.29) is 18.0 Å². The molecule has 1 atom stereocenters. The lowest BCUT2D eigenvalue weighted by atomic mass is 10.1. The number of ether oxygens (including phenoxy) is 2. The molecule has 1 aromatic heterocycles. The highest BCUT2D eigenvalue weighted by Gasteiger charge is 2.15. The lowest BCUT2D eigenvalue weighted by Gasteiger charge is -2.21. The van der Waals surface area contributed by atoms with Gasteiger partial charge in [0.25, 0.3) is 5.91 Å². The van der Waals surface area contributed by atoms with Crippen LogP contribution in [0, 0.1) is 0 Å². The molecule has 4 rings (SSSR count). The van der Waals surface area contributed by atoms with Crippen molar-refractivity contribution in [1.29, 1.82) is 0 Å². The number of amides is 1. The molecule has 3 aromatic rings. The molecule has 2 aromatic carbocycles. The Balaban J connectivity index is 1.42. The highest BCUT2D eigenvalue weighted by atomic mass is 16.8. The second-order valence-electron chi connectivity index (χ2n) is 7.30. The highest BCUT2D eigenvalue weighted by molar-refractivity contribution is 6.10. The minimum Gasteiger partial charge on any atom is -0.497 e. The van der Waals surface area contributed by atoms with Gasteiger partial charge in [-0.3, -0.25) is 9.59 Å². The van der Waals surface area contributed by atoms with Crippen molar-refractivity contribution in [3.05, 3.63) is 71.4 Å². The molecule has 0 spiro atoms. The molecule has 0 saturated carbocycles. The summed E-state index contributed by atoms with van der Waals surface area (Å²) < 4.78 is 10.6. The fourth-order valence-corrected chi connectivity index (χ4v) is 3.43. The first-order valence-corrected chi connectivity index (χ1v) is 10.2. The van der Waals surface area contributed by atoms with Crippen molar-refractivity contribution >= 4 is 28.7 Å². The summed E-state index contributed by atoms with van der Waals surface area (Å²) >= 11 is 0. The molecule has 1 saturated heterocycles. The maximum Gasteiger partial charge on any atom is 0.267 e. The summed E-state index contributed by atoms with van der Waals surface area (Å²) in [4.78, 5) is 33.2. The third-order valence-electron chi connectivity index (χ3n) is 5.08. The van der Waals surface area contributed by atoms with Gasteiger partial charge in [-0.1, -0.05) is 18.2 Å². The number of carbonyl (C=O) groups is 2. The largest absolute Gasteiger partial charge is 0.497 e. The Morgan fingerprint density at radius 1 is 1.16 bits per heavy atom. The average Bonchev–Trinajstić information content (AvgIpc) is 3.25. The molecular weight excluding hydrogens is 396 g/mol. The quantitative estimate of drug-likeness (QED) is 0.343. The van der Waals surface area contributed by atoms with Crippen molar-refractivity contribution in [1.82, 2.24) is 10.5 Å². The normalized spacial score (nSPS) is 16.5. The number of hydrogen-bond donors (Lipinski definition) is 2. The fraction of sp³-hybridized carbons (Fsp3) is 0.250. The number of methoxy groups -OCH3 is 1. The monoisotopic (exact) mass is 420 g/mol. The molecule has 2 N–H and O–H groups in total. The highest BCUT2D eigenvalue weighted by Crippen LogP contribution is 2.22. The van der Waals surface area contributed by atoms with Crippen LogP contribution in [0.5, 0.6) is 5.75 Å². The number of benzene rings is 2. The van der Waals surface area contributed by atoms with E-state index in [2.05, 4.69) is 10.5 Å². The maximum atomic E-state index is 12.8. The van der Waals surface area contributed by atoms with Gasteiger partial charge in [0.1, 0.15) is 5.75 Å². The number of aromatic nitrogens is 1. The van der Waals surface area contributed by atoms with E-state index in [1.54, 1.807) is 43.5 Å². The number of rotatable bonds is 7. The van der Waals surface area contributed by atoms with Crippen molar-refractivity contribution < 1.29 is 23.9 Å². The zero-order chi connectivity index (χ0) is 21.6. The van der Waals surface area contributed by atoms with Crippen LogP contribution in [0.15, 0.2) is 54.6 Å². The predicted octanol–water partition coefficient (Wildman–Crippen LogP) is 4.00. The summed E-state index contributed by atoms with van der Waals surface area (Å²) in [7, 11) is 1.57. The first kappa shape index (κ1) is 20.8. The number of fused-ring (bicyclic) bond motifs is 1. The van der Waals surface area contributed by atoms with E-state index in [9.17, 15) is 9.59 Å². The van der Waals surface area contributed by atoms with Crippen LogP contribution in [0.3, 0.4) is 0 Å². The van der Waals surface area contributed by atoms with Gasteiger partial charge in [0, 0.05) is 35.6 Å². The smallest absolute Gasteiger partial charge is 0.267 e. The van der Waals surface area contributed by atoms with Crippen molar-refractivity contribution in [2.45, 2.75) is 25.6 Å². The molecule has 7 nitrogen and oxygen atoms in total. The second kappa shape index (κ2) is 9.59. The first-order valence-electron chi connectivity index (χ1n) is 10.2. The van der Waals surface area contributed by atoms with Gasteiger partial charge in [-0.05, 0) is 54.8 Å². The van der Waals surface area contributed by atoms with Gasteiger partial charge in [0.2, 0.25) is 5.78 Å². The van der Waals surface area contributed by atoms with E-state index in [1.807, 2.05) is 18.2 Å². The predicted molar refractivity (Wildman–Crippen MR) is 117 cm³/mol. The lowest BCUT2D eigenvalue weighted by molar-refractivity contribution is -0.198. The Kier molecular flexibility index (Phi) is 6.45. The van der Waals surface area contributed by atoms with E-state index in [0.29, 0.717) is 23.6 Å². The third-order valence-corrected chi connectivity index (χ3v) is 5.08. The fourth-order valence-electron chi connectivity index (χ4n) is 3.43.